The van der Waals surface area contributed by atoms with Gasteiger partial charge in [0.25, 0.3) is 0 Å². The van der Waals surface area contributed by atoms with Crippen LogP contribution in [0.25, 0.3) is 0 Å². The van der Waals surface area contributed by atoms with Gasteiger partial charge in [0, 0.05) is 6.42 Å². The number of hydrogen-bond acceptors (Lipinski definition) is 1. The van der Waals surface area contributed by atoms with Crippen LogP contribution in [0.5, 0.6) is 0 Å². The zero-order chi connectivity index (χ0) is 13.3. The molecule has 0 amide bonds. The highest BCUT2D eigenvalue weighted by Crippen LogP contribution is 2.40. The highest BCUT2D eigenvalue weighted by atomic mass is 35.5. The van der Waals surface area contributed by atoms with E-state index < -0.39 is 5.60 Å². The van der Waals surface area contributed by atoms with Gasteiger partial charge in [0.2, 0.25) is 0 Å². The Morgan fingerprint density at radius 3 is 2.67 bits per heavy atom. The van der Waals surface area contributed by atoms with E-state index in [9.17, 15) is 5.11 Å². The first kappa shape index (κ1) is 14.2. The van der Waals surface area contributed by atoms with Gasteiger partial charge < -0.3 is 5.11 Å². The molecular weight excluding hydrogens is 267 g/mol. The topological polar surface area (TPSA) is 20.2 Å². The molecule has 1 nitrogen and oxygen atoms in total. The van der Waals surface area contributed by atoms with Crippen molar-refractivity contribution in [2.45, 2.75) is 45.1 Å². The molecule has 2 rings (SSSR count). The van der Waals surface area contributed by atoms with Crippen LogP contribution < -0.4 is 0 Å². The molecule has 0 bridgehead atoms. The Kier molecular flexibility index (Phi) is 4.25. The predicted molar refractivity (Wildman–Crippen MR) is 77.3 cm³/mol. The summed E-state index contributed by atoms with van der Waals surface area (Å²) in [6.07, 6.45) is 3.85. The maximum Gasteiger partial charge on any atom is 0.0715 e. The largest absolute Gasteiger partial charge is 0.389 e. The molecule has 1 aliphatic rings. The first-order valence-electron chi connectivity index (χ1n) is 6.59. The molecule has 1 aliphatic carbocycles. The molecule has 0 heterocycles. The highest BCUT2D eigenvalue weighted by Gasteiger charge is 2.39. The van der Waals surface area contributed by atoms with E-state index in [1.807, 2.05) is 12.1 Å². The first-order valence-corrected chi connectivity index (χ1v) is 7.34. The summed E-state index contributed by atoms with van der Waals surface area (Å²) < 4.78 is 0. The van der Waals surface area contributed by atoms with Gasteiger partial charge in [0.1, 0.15) is 0 Å². The zero-order valence-corrected chi connectivity index (χ0v) is 12.4. The Hall–Kier alpha value is -0.240. The van der Waals surface area contributed by atoms with Gasteiger partial charge >= 0.3 is 0 Å². The second-order valence-electron chi connectivity index (χ2n) is 5.69. The van der Waals surface area contributed by atoms with E-state index >= 15 is 0 Å². The molecule has 1 N–H and O–H groups in total. The minimum atomic E-state index is -0.602. The Morgan fingerprint density at radius 2 is 2.00 bits per heavy atom. The standard InChI is InChI=1S/C15H20Cl2O/c1-10-4-3-7-15(18,11(10)2)9-12-5-6-13(16)14(17)8-12/h5-6,8,10-11,18H,3-4,7,9H2,1-2H3. The van der Waals surface area contributed by atoms with E-state index in [-0.39, 0.29) is 0 Å². The van der Waals surface area contributed by atoms with E-state index in [2.05, 4.69) is 13.8 Å². The van der Waals surface area contributed by atoms with Crippen molar-refractivity contribution < 1.29 is 5.11 Å². The van der Waals surface area contributed by atoms with Crippen LogP contribution in [0.4, 0.5) is 0 Å². The lowest BCUT2D eigenvalue weighted by atomic mass is 9.68. The van der Waals surface area contributed by atoms with Gasteiger partial charge in [-0.15, -0.1) is 0 Å². The summed E-state index contributed by atoms with van der Waals surface area (Å²) in [5.41, 5.74) is 0.460. The second-order valence-corrected chi connectivity index (χ2v) is 6.50. The third kappa shape index (κ3) is 2.84. The average Bonchev–Trinajstić information content (AvgIpc) is 2.31. The molecule has 0 radical (unpaired) electrons. The van der Waals surface area contributed by atoms with Crippen LogP contribution in [0.15, 0.2) is 18.2 Å². The van der Waals surface area contributed by atoms with Gasteiger partial charge in [-0.2, -0.15) is 0 Å². The van der Waals surface area contributed by atoms with Gasteiger partial charge in [-0.05, 0) is 36.0 Å². The van der Waals surface area contributed by atoms with Crippen molar-refractivity contribution in [1.29, 1.82) is 0 Å². The lowest BCUT2D eigenvalue weighted by molar-refractivity contribution is -0.0620. The number of halogens is 2. The summed E-state index contributed by atoms with van der Waals surface area (Å²) in [6.45, 7) is 4.38. The van der Waals surface area contributed by atoms with E-state index in [1.165, 1.54) is 6.42 Å². The van der Waals surface area contributed by atoms with Crippen molar-refractivity contribution in [2.75, 3.05) is 0 Å². The van der Waals surface area contributed by atoms with Crippen LogP contribution in [0.2, 0.25) is 10.0 Å². The smallest absolute Gasteiger partial charge is 0.0715 e. The first-order chi connectivity index (χ1) is 8.42. The number of hydrogen-bond donors (Lipinski definition) is 1. The van der Waals surface area contributed by atoms with Gasteiger partial charge in [0.15, 0.2) is 0 Å². The molecule has 18 heavy (non-hydrogen) atoms. The molecule has 100 valence electrons. The number of benzene rings is 1. The fourth-order valence-corrected chi connectivity index (χ4v) is 3.31. The molecule has 3 atom stereocenters. The lowest BCUT2D eigenvalue weighted by Crippen LogP contribution is -2.44. The van der Waals surface area contributed by atoms with Crippen LogP contribution in [0, 0.1) is 11.8 Å². The molecule has 1 aromatic rings. The summed E-state index contributed by atoms with van der Waals surface area (Å²) in [5, 5.41) is 12.0. The van der Waals surface area contributed by atoms with E-state index in [0.717, 1.165) is 18.4 Å². The summed E-state index contributed by atoms with van der Waals surface area (Å²) in [4.78, 5) is 0. The quantitative estimate of drug-likeness (QED) is 0.834. The summed E-state index contributed by atoms with van der Waals surface area (Å²) in [6, 6.07) is 5.63. The van der Waals surface area contributed by atoms with E-state index in [0.29, 0.717) is 28.3 Å². The second kappa shape index (κ2) is 5.40. The van der Waals surface area contributed by atoms with Crippen molar-refractivity contribution in [2.24, 2.45) is 11.8 Å². The van der Waals surface area contributed by atoms with Crippen molar-refractivity contribution in [3.05, 3.63) is 33.8 Å². The molecule has 0 spiro atoms. The lowest BCUT2D eigenvalue weighted by Gasteiger charge is -2.42. The Balaban J connectivity index is 2.18. The summed E-state index contributed by atoms with van der Waals surface area (Å²) >= 11 is 11.9. The molecule has 0 aliphatic heterocycles. The van der Waals surface area contributed by atoms with Crippen molar-refractivity contribution >= 4 is 23.2 Å². The predicted octanol–water partition coefficient (Wildman–Crippen LogP) is 4.72. The molecule has 1 fully saturated rings. The third-order valence-electron chi connectivity index (χ3n) is 4.46. The van der Waals surface area contributed by atoms with Crippen LogP contribution in [-0.2, 0) is 6.42 Å². The van der Waals surface area contributed by atoms with Crippen LogP contribution >= 0.6 is 23.2 Å². The van der Waals surface area contributed by atoms with Crippen LogP contribution in [0.3, 0.4) is 0 Å². The fraction of sp³-hybridized carbons (Fsp3) is 0.600. The summed E-state index contributed by atoms with van der Waals surface area (Å²) in [5.74, 6) is 0.896. The van der Waals surface area contributed by atoms with Crippen LogP contribution in [0.1, 0.15) is 38.7 Å². The number of aliphatic hydroxyl groups is 1. The van der Waals surface area contributed by atoms with Gasteiger partial charge in [-0.3, -0.25) is 0 Å². The Morgan fingerprint density at radius 1 is 1.28 bits per heavy atom. The highest BCUT2D eigenvalue weighted by molar-refractivity contribution is 6.42. The van der Waals surface area contributed by atoms with E-state index in [4.69, 9.17) is 23.2 Å². The fourth-order valence-electron chi connectivity index (χ4n) is 2.99. The zero-order valence-electron chi connectivity index (χ0n) is 10.9. The van der Waals surface area contributed by atoms with Gasteiger partial charge in [-0.1, -0.05) is 56.0 Å². The summed E-state index contributed by atoms with van der Waals surface area (Å²) in [7, 11) is 0. The minimum absolute atomic E-state index is 0.320. The normalized spacial score (nSPS) is 32.5. The Bertz CT molecular complexity index is 433. The average molecular weight is 287 g/mol. The van der Waals surface area contributed by atoms with Crippen molar-refractivity contribution in [3.8, 4) is 0 Å². The molecule has 3 unspecified atom stereocenters. The third-order valence-corrected chi connectivity index (χ3v) is 5.20. The van der Waals surface area contributed by atoms with Crippen molar-refractivity contribution in [1.82, 2.24) is 0 Å². The number of rotatable bonds is 2. The maximum absolute atomic E-state index is 10.8. The van der Waals surface area contributed by atoms with E-state index in [1.54, 1.807) is 6.07 Å². The minimum Gasteiger partial charge on any atom is -0.389 e. The molecule has 0 aromatic heterocycles. The maximum atomic E-state index is 10.8. The molecular formula is C15H20Cl2O. The van der Waals surface area contributed by atoms with Crippen LogP contribution in [-0.4, -0.2) is 10.7 Å². The Labute approximate surface area is 119 Å². The molecule has 3 heteroatoms. The monoisotopic (exact) mass is 286 g/mol. The van der Waals surface area contributed by atoms with Crippen molar-refractivity contribution in [3.63, 3.8) is 0 Å². The molecule has 0 saturated heterocycles. The molecule has 1 saturated carbocycles. The van der Waals surface area contributed by atoms with Gasteiger partial charge in [-0.25, -0.2) is 0 Å². The SMILES string of the molecule is CC1CCCC(O)(Cc2ccc(Cl)c(Cl)c2)C1C. The van der Waals surface area contributed by atoms with Gasteiger partial charge in [0.05, 0.1) is 15.6 Å². The molecule has 1 aromatic carbocycles.